The van der Waals surface area contributed by atoms with E-state index in [1.54, 1.807) is 19.1 Å². The van der Waals surface area contributed by atoms with Crippen molar-refractivity contribution in [3.63, 3.8) is 0 Å². The molecule has 0 fully saturated rings. The van der Waals surface area contributed by atoms with Gasteiger partial charge in [-0.1, -0.05) is 48.5 Å². The van der Waals surface area contributed by atoms with Crippen LogP contribution in [0.15, 0.2) is 65.1 Å². The summed E-state index contributed by atoms with van der Waals surface area (Å²) in [6.07, 6.45) is 0. The van der Waals surface area contributed by atoms with Gasteiger partial charge >= 0.3 is 6.61 Å². The third-order valence-electron chi connectivity index (χ3n) is 4.39. The first-order valence-corrected chi connectivity index (χ1v) is 8.30. The molecule has 136 valence electrons. The van der Waals surface area contributed by atoms with E-state index in [2.05, 4.69) is 10.1 Å². The summed E-state index contributed by atoms with van der Waals surface area (Å²) in [5.41, 5.74) is 1.45. The second-order valence-electron chi connectivity index (χ2n) is 6.05. The van der Waals surface area contributed by atoms with E-state index in [0.717, 1.165) is 16.2 Å². The Bertz CT molecular complexity index is 1150. The molecule has 0 saturated heterocycles. The van der Waals surface area contributed by atoms with E-state index in [0.29, 0.717) is 11.1 Å². The van der Waals surface area contributed by atoms with Crippen LogP contribution in [0.1, 0.15) is 16.1 Å². The number of alkyl halides is 2. The number of benzene rings is 3. The molecule has 1 aromatic heterocycles. The summed E-state index contributed by atoms with van der Waals surface area (Å²) in [6, 6.07) is 17.6. The number of aryl methyl sites for hydroxylation is 1. The molecule has 27 heavy (non-hydrogen) atoms. The molecule has 4 aromatic rings. The summed E-state index contributed by atoms with van der Waals surface area (Å²) in [5, 5.41) is 5.32. The number of anilines is 1. The van der Waals surface area contributed by atoms with Gasteiger partial charge in [0.2, 0.25) is 0 Å². The van der Waals surface area contributed by atoms with E-state index in [1.807, 2.05) is 36.4 Å². The van der Waals surface area contributed by atoms with E-state index in [9.17, 15) is 13.6 Å². The topological polar surface area (TPSA) is 51.5 Å². The Hall–Kier alpha value is -3.41. The van der Waals surface area contributed by atoms with Gasteiger partial charge in [-0.3, -0.25) is 4.79 Å². The molecule has 0 aliphatic carbocycles. The Morgan fingerprint density at radius 2 is 1.74 bits per heavy atom. The maximum atomic E-state index is 12.7. The summed E-state index contributed by atoms with van der Waals surface area (Å²) in [7, 11) is 0. The zero-order chi connectivity index (χ0) is 19.0. The third-order valence-corrected chi connectivity index (χ3v) is 4.39. The molecule has 4 rings (SSSR count). The Morgan fingerprint density at radius 3 is 2.56 bits per heavy atom. The summed E-state index contributed by atoms with van der Waals surface area (Å²) < 4.78 is 35.4. The minimum atomic E-state index is -2.98. The normalized spacial score (nSPS) is 11.3. The van der Waals surface area contributed by atoms with Crippen molar-refractivity contribution in [2.24, 2.45) is 0 Å². The lowest BCUT2D eigenvalue weighted by Gasteiger charge is -2.11. The molecule has 1 N–H and O–H groups in total. The lowest BCUT2D eigenvalue weighted by Crippen LogP contribution is -2.14. The number of carbonyl (C=O) groups excluding carboxylic acids is 1. The maximum Gasteiger partial charge on any atom is 0.387 e. The molecule has 0 atom stereocenters. The number of nitrogens with one attached hydrogen (secondary N) is 1. The molecule has 0 unspecified atom stereocenters. The minimum Gasteiger partial charge on any atom is -0.450 e. The van der Waals surface area contributed by atoms with Crippen LogP contribution >= 0.6 is 0 Å². The zero-order valence-electron chi connectivity index (χ0n) is 14.3. The molecule has 0 bridgehead atoms. The van der Waals surface area contributed by atoms with Gasteiger partial charge in [-0.05, 0) is 24.4 Å². The van der Waals surface area contributed by atoms with Gasteiger partial charge in [0, 0.05) is 16.3 Å². The van der Waals surface area contributed by atoms with Crippen molar-refractivity contribution in [2.45, 2.75) is 13.5 Å². The fourth-order valence-electron chi connectivity index (χ4n) is 3.11. The predicted octanol–water partition coefficient (Wildman–Crippen LogP) is 5.75. The maximum absolute atomic E-state index is 12.7. The lowest BCUT2D eigenvalue weighted by atomic mass is 10.1. The van der Waals surface area contributed by atoms with Crippen LogP contribution in [0.5, 0.6) is 5.75 Å². The largest absolute Gasteiger partial charge is 0.450 e. The standard InChI is InChI=1S/C21H15F2NO3/c1-12-14-11-10-13-6-2-3-7-15(13)19(14)27-18(12)20(25)24-16-8-4-5-9-17(16)26-21(22)23/h2-11,21H,1H3,(H,24,25). The molecule has 0 aliphatic rings. The van der Waals surface area contributed by atoms with Gasteiger partial charge in [-0.15, -0.1) is 0 Å². The Labute approximate surface area is 153 Å². The molecular weight excluding hydrogens is 352 g/mol. The molecule has 0 spiro atoms. The van der Waals surface area contributed by atoms with Gasteiger partial charge in [0.05, 0.1) is 5.69 Å². The van der Waals surface area contributed by atoms with E-state index in [4.69, 9.17) is 4.42 Å². The highest BCUT2D eigenvalue weighted by Gasteiger charge is 2.20. The molecule has 4 nitrogen and oxygen atoms in total. The number of para-hydroxylation sites is 2. The highest BCUT2D eigenvalue weighted by atomic mass is 19.3. The number of fused-ring (bicyclic) bond motifs is 3. The predicted molar refractivity (Wildman–Crippen MR) is 99.5 cm³/mol. The molecule has 1 heterocycles. The van der Waals surface area contributed by atoms with Crippen LogP contribution in [-0.2, 0) is 0 Å². The molecule has 0 radical (unpaired) electrons. The number of hydrogen-bond donors (Lipinski definition) is 1. The Kier molecular flexibility index (Phi) is 4.24. The van der Waals surface area contributed by atoms with Crippen LogP contribution in [-0.4, -0.2) is 12.5 Å². The van der Waals surface area contributed by atoms with Crippen LogP contribution in [0.2, 0.25) is 0 Å². The van der Waals surface area contributed by atoms with Crippen molar-refractivity contribution < 1.29 is 22.7 Å². The third kappa shape index (κ3) is 3.10. The fourth-order valence-corrected chi connectivity index (χ4v) is 3.11. The fraction of sp³-hybridized carbons (Fsp3) is 0.0952. The lowest BCUT2D eigenvalue weighted by molar-refractivity contribution is -0.0493. The summed E-state index contributed by atoms with van der Waals surface area (Å²) in [6.45, 7) is -1.20. The average Bonchev–Trinajstić information content (AvgIpc) is 3.00. The van der Waals surface area contributed by atoms with Crippen molar-refractivity contribution in [2.75, 3.05) is 5.32 Å². The van der Waals surface area contributed by atoms with Gasteiger partial charge in [0.1, 0.15) is 11.3 Å². The minimum absolute atomic E-state index is 0.111. The highest BCUT2D eigenvalue weighted by Crippen LogP contribution is 2.33. The molecular formula is C21H15F2NO3. The summed E-state index contributed by atoms with van der Waals surface area (Å²) in [4.78, 5) is 12.7. The smallest absolute Gasteiger partial charge is 0.387 e. The van der Waals surface area contributed by atoms with Gasteiger partial charge in [-0.2, -0.15) is 8.78 Å². The van der Waals surface area contributed by atoms with Gasteiger partial charge in [0.25, 0.3) is 5.91 Å². The van der Waals surface area contributed by atoms with Crippen molar-refractivity contribution in [3.05, 3.63) is 72.0 Å². The summed E-state index contributed by atoms with van der Waals surface area (Å²) in [5.74, 6) is -0.508. The van der Waals surface area contributed by atoms with Gasteiger partial charge in [-0.25, -0.2) is 0 Å². The van der Waals surface area contributed by atoms with Crippen LogP contribution in [0.3, 0.4) is 0 Å². The van der Waals surface area contributed by atoms with E-state index in [1.165, 1.54) is 12.1 Å². The van der Waals surface area contributed by atoms with Crippen molar-refractivity contribution in [1.82, 2.24) is 0 Å². The number of halogens is 2. The SMILES string of the molecule is Cc1c(C(=O)Nc2ccccc2OC(F)F)oc2c1ccc1ccccc12. The van der Waals surface area contributed by atoms with E-state index < -0.39 is 12.5 Å². The van der Waals surface area contributed by atoms with Crippen LogP contribution in [0.25, 0.3) is 21.7 Å². The van der Waals surface area contributed by atoms with Gasteiger partial charge < -0.3 is 14.5 Å². The molecule has 3 aromatic carbocycles. The monoisotopic (exact) mass is 367 g/mol. The van der Waals surface area contributed by atoms with Crippen molar-refractivity contribution >= 4 is 33.3 Å². The summed E-state index contributed by atoms with van der Waals surface area (Å²) >= 11 is 0. The number of carbonyl (C=O) groups is 1. The zero-order valence-corrected chi connectivity index (χ0v) is 14.3. The Morgan fingerprint density at radius 1 is 1.00 bits per heavy atom. The van der Waals surface area contributed by atoms with Crippen molar-refractivity contribution in [3.8, 4) is 5.75 Å². The van der Waals surface area contributed by atoms with E-state index in [-0.39, 0.29) is 17.2 Å². The first kappa shape index (κ1) is 17.0. The first-order chi connectivity index (χ1) is 13.0. The number of hydrogen-bond acceptors (Lipinski definition) is 3. The van der Waals surface area contributed by atoms with Crippen LogP contribution in [0, 0.1) is 6.92 Å². The number of rotatable bonds is 4. The van der Waals surface area contributed by atoms with Crippen LogP contribution < -0.4 is 10.1 Å². The van der Waals surface area contributed by atoms with Crippen molar-refractivity contribution in [1.29, 1.82) is 0 Å². The highest BCUT2D eigenvalue weighted by molar-refractivity contribution is 6.11. The Balaban J connectivity index is 1.74. The molecule has 0 saturated carbocycles. The number of ether oxygens (including phenoxy) is 1. The average molecular weight is 367 g/mol. The second kappa shape index (κ2) is 6.72. The van der Waals surface area contributed by atoms with Crippen LogP contribution in [0.4, 0.5) is 14.5 Å². The second-order valence-corrected chi connectivity index (χ2v) is 6.05. The quantitative estimate of drug-likeness (QED) is 0.500. The van der Waals surface area contributed by atoms with Gasteiger partial charge in [0.15, 0.2) is 5.76 Å². The number of furan rings is 1. The first-order valence-electron chi connectivity index (χ1n) is 8.30. The molecule has 0 aliphatic heterocycles. The van der Waals surface area contributed by atoms with E-state index >= 15 is 0 Å². The molecule has 1 amide bonds. The molecule has 6 heteroatoms. The number of amides is 1.